The number of fused-ring (bicyclic) bond motifs is 2. The van der Waals surface area contributed by atoms with Gasteiger partial charge in [-0.2, -0.15) is 0 Å². The summed E-state index contributed by atoms with van der Waals surface area (Å²) in [6, 6.07) is 6.51. The summed E-state index contributed by atoms with van der Waals surface area (Å²) in [7, 11) is 0. The second-order valence-electron chi connectivity index (χ2n) is 6.04. The summed E-state index contributed by atoms with van der Waals surface area (Å²) >= 11 is 0. The van der Waals surface area contributed by atoms with Crippen molar-refractivity contribution < 1.29 is 23.8 Å². The molecule has 0 fully saturated rings. The molecule has 23 heavy (non-hydrogen) atoms. The summed E-state index contributed by atoms with van der Waals surface area (Å²) in [5, 5.41) is 21.2. The van der Waals surface area contributed by atoms with Crippen molar-refractivity contribution in [2.45, 2.75) is 32.2 Å². The number of aliphatic hydroxyl groups is 2. The van der Waals surface area contributed by atoms with E-state index in [1.165, 1.54) is 19.9 Å². The van der Waals surface area contributed by atoms with E-state index in [4.69, 9.17) is 13.6 Å². The van der Waals surface area contributed by atoms with Gasteiger partial charge in [-0.05, 0) is 31.5 Å². The summed E-state index contributed by atoms with van der Waals surface area (Å²) in [5.74, 6) is 0. The molecule has 0 aliphatic rings. The van der Waals surface area contributed by atoms with Gasteiger partial charge < -0.3 is 23.8 Å². The van der Waals surface area contributed by atoms with Crippen LogP contribution >= 0.6 is 0 Å². The van der Waals surface area contributed by atoms with Crippen molar-refractivity contribution in [3.05, 3.63) is 46.5 Å². The van der Waals surface area contributed by atoms with E-state index in [1.807, 2.05) is 6.07 Å². The monoisotopic (exact) mass is 318 g/mol. The summed E-state index contributed by atoms with van der Waals surface area (Å²) < 4.78 is 16.1. The van der Waals surface area contributed by atoms with Gasteiger partial charge in [0.1, 0.15) is 17.3 Å². The Balaban J connectivity index is 1.94. The molecule has 3 aromatic rings. The van der Waals surface area contributed by atoms with E-state index < -0.39 is 17.3 Å². The molecule has 3 rings (SSSR count). The van der Waals surface area contributed by atoms with Gasteiger partial charge in [-0.1, -0.05) is 0 Å². The number of furan rings is 1. The highest BCUT2D eigenvalue weighted by Crippen LogP contribution is 2.29. The first-order valence-corrected chi connectivity index (χ1v) is 7.27. The molecule has 0 aliphatic heterocycles. The third-order valence-electron chi connectivity index (χ3n) is 3.81. The lowest BCUT2D eigenvalue weighted by molar-refractivity contribution is -0.0883. The Bertz CT molecular complexity index is 883. The summed E-state index contributed by atoms with van der Waals surface area (Å²) in [4.78, 5) is 11.4. The van der Waals surface area contributed by atoms with Crippen LogP contribution in [-0.4, -0.2) is 28.5 Å². The SMILES string of the molecule is CC(C)(O)C(O)COCc1c2ccoc2cc2oc(=O)ccc12. The standard InChI is InChI=1S/C17H18O6/c1-17(2,20)15(18)9-21-8-12-10-3-4-16(19)23-14(10)7-13-11(12)5-6-22-13/h3-7,15,18,20H,8-9H2,1-2H3. The first-order valence-electron chi connectivity index (χ1n) is 7.27. The Morgan fingerprint density at radius 2 is 1.96 bits per heavy atom. The van der Waals surface area contributed by atoms with E-state index in [9.17, 15) is 15.0 Å². The van der Waals surface area contributed by atoms with Crippen molar-refractivity contribution >= 4 is 21.9 Å². The normalized spacial score (nSPS) is 13.7. The van der Waals surface area contributed by atoms with Gasteiger partial charge in [0.05, 0.1) is 25.1 Å². The van der Waals surface area contributed by atoms with Gasteiger partial charge in [0.25, 0.3) is 0 Å². The third-order valence-corrected chi connectivity index (χ3v) is 3.81. The molecule has 0 bridgehead atoms. The first-order chi connectivity index (χ1) is 10.9. The first kappa shape index (κ1) is 15.7. The van der Waals surface area contributed by atoms with Crippen LogP contribution in [0.4, 0.5) is 0 Å². The highest BCUT2D eigenvalue weighted by Gasteiger charge is 2.24. The maximum Gasteiger partial charge on any atom is 0.336 e. The molecular formula is C17H18O6. The summed E-state index contributed by atoms with van der Waals surface area (Å²) in [6.45, 7) is 3.20. The maximum absolute atomic E-state index is 11.4. The van der Waals surface area contributed by atoms with Crippen LogP contribution in [0.1, 0.15) is 19.4 Å². The van der Waals surface area contributed by atoms with Gasteiger partial charge in [0.15, 0.2) is 0 Å². The van der Waals surface area contributed by atoms with E-state index in [0.717, 1.165) is 16.3 Å². The van der Waals surface area contributed by atoms with Crippen molar-refractivity contribution in [2.24, 2.45) is 0 Å². The number of hydrogen-bond acceptors (Lipinski definition) is 6. The topological polar surface area (TPSA) is 93.0 Å². The van der Waals surface area contributed by atoms with Gasteiger partial charge in [-0.25, -0.2) is 4.79 Å². The Kier molecular flexibility index (Phi) is 3.97. The number of benzene rings is 1. The third kappa shape index (κ3) is 3.14. The fraction of sp³-hybridized carbons (Fsp3) is 0.353. The van der Waals surface area contributed by atoms with Crippen LogP contribution in [0.2, 0.25) is 0 Å². The lowest BCUT2D eigenvalue weighted by atomic mass is 10.0. The molecule has 2 N–H and O–H groups in total. The van der Waals surface area contributed by atoms with Crippen LogP contribution < -0.4 is 5.63 Å². The van der Waals surface area contributed by atoms with Crippen molar-refractivity contribution in [3.8, 4) is 0 Å². The fourth-order valence-electron chi connectivity index (χ4n) is 2.37. The fourth-order valence-corrected chi connectivity index (χ4v) is 2.37. The zero-order chi connectivity index (χ0) is 16.6. The van der Waals surface area contributed by atoms with Crippen molar-refractivity contribution in [1.29, 1.82) is 0 Å². The molecule has 1 unspecified atom stereocenters. The Hall–Kier alpha value is -2.15. The van der Waals surface area contributed by atoms with Crippen molar-refractivity contribution in [3.63, 3.8) is 0 Å². The Morgan fingerprint density at radius 3 is 2.70 bits per heavy atom. The number of hydrogen-bond donors (Lipinski definition) is 2. The van der Waals surface area contributed by atoms with Gasteiger partial charge in [-0.3, -0.25) is 0 Å². The minimum absolute atomic E-state index is 0.0178. The second kappa shape index (κ2) is 5.81. The van der Waals surface area contributed by atoms with E-state index in [0.29, 0.717) is 11.2 Å². The largest absolute Gasteiger partial charge is 0.464 e. The molecule has 122 valence electrons. The van der Waals surface area contributed by atoms with Crippen molar-refractivity contribution in [1.82, 2.24) is 0 Å². The maximum atomic E-state index is 11.4. The molecule has 0 aliphatic carbocycles. The smallest absolute Gasteiger partial charge is 0.336 e. The second-order valence-corrected chi connectivity index (χ2v) is 6.04. The van der Waals surface area contributed by atoms with Crippen LogP contribution in [0.5, 0.6) is 0 Å². The van der Waals surface area contributed by atoms with Gasteiger partial charge in [-0.15, -0.1) is 0 Å². The number of ether oxygens (including phenoxy) is 1. The average Bonchev–Trinajstić information content (AvgIpc) is 2.93. The Morgan fingerprint density at radius 1 is 1.22 bits per heavy atom. The van der Waals surface area contributed by atoms with Gasteiger partial charge in [0.2, 0.25) is 0 Å². The molecule has 6 heteroatoms. The minimum Gasteiger partial charge on any atom is -0.464 e. The average molecular weight is 318 g/mol. The quantitative estimate of drug-likeness (QED) is 0.701. The molecule has 1 atom stereocenters. The lowest BCUT2D eigenvalue weighted by Crippen LogP contribution is -2.39. The number of aliphatic hydroxyl groups excluding tert-OH is 1. The van der Waals surface area contributed by atoms with Crippen LogP contribution in [0.3, 0.4) is 0 Å². The summed E-state index contributed by atoms with van der Waals surface area (Å²) in [6.07, 6.45) is 0.548. The molecule has 2 aromatic heterocycles. The van der Waals surface area contributed by atoms with Gasteiger partial charge >= 0.3 is 5.63 Å². The molecule has 6 nitrogen and oxygen atoms in total. The molecule has 0 radical (unpaired) electrons. The predicted molar refractivity (Wildman–Crippen MR) is 84.2 cm³/mol. The molecule has 0 amide bonds. The highest BCUT2D eigenvalue weighted by atomic mass is 16.5. The minimum atomic E-state index is -1.24. The molecule has 0 spiro atoms. The Labute approximate surface area is 131 Å². The van der Waals surface area contributed by atoms with Crippen LogP contribution in [-0.2, 0) is 11.3 Å². The summed E-state index contributed by atoms with van der Waals surface area (Å²) in [5.41, 5.74) is 0.136. The van der Waals surface area contributed by atoms with Crippen LogP contribution in [0.25, 0.3) is 21.9 Å². The molecule has 0 saturated heterocycles. The molecular weight excluding hydrogens is 300 g/mol. The van der Waals surface area contributed by atoms with Crippen LogP contribution in [0.15, 0.2) is 44.2 Å². The van der Waals surface area contributed by atoms with E-state index in [2.05, 4.69) is 0 Å². The number of rotatable bonds is 5. The molecule has 1 aromatic carbocycles. The lowest BCUT2D eigenvalue weighted by Gasteiger charge is -2.24. The highest BCUT2D eigenvalue weighted by molar-refractivity contribution is 5.97. The molecule has 2 heterocycles. The van der Waals surface area contributed by atoms with Gasteiger partial charge in [0, 0.05) is 22.9 Å². The van der Waals surface area contributed by atoms with E-state index in [-0.39, 0.29) is 13.2 Å². The van der Waals surface area contributed by atoms with Crippen LogP contribution in [0, 0.1) is 0 Å². The predicted octanol–water partition coefficient (Wildman–Crippen LogP) is 2.19. The molecule has 0 saturated carbocycles. The van der Waals surface area contributed by atoms with E-state index in [1.54, 1.807) is 18.4 Å². The van der Waals surface area contributed by atoms with Crippen molar-refractivity contribution in [2.75, 3.05) is 6.61 Å². The van der Waals surface area contributed by atoms with E-state index >= 15 is 0 Å². The zero-order valence-electron chi connectivity index (χ0n) is 12.9. The zero-order valence-corrected chi connectivity index (χ0v) is 12.9.